The van der Waals surface area contributed by atoms with Crippen molar-refractivity contribution in [3.8, 4) is 0 Å². The van der Waals surface area contributed by atoms with Crippen LogP contribution in [0.3, 0.4) is 0 Å². The van der Waals surface area contributed by atoms with Gasteiger partial charge in [-0.3, -0.25) is 14.7 Å². The highest BCUT2D eigenvalue weighted by Gasteiger charge is 2.36. The fourth-order valence-corrected chi connectivity index (χ4v) is 2.64. The van der Waals surface area contributed by atoms with E-state index in [1.165, 1.54) is 29.1 Å². The second-order valence-electron chi connectivity index (χ2n) is 4.56. The van der Waals surface area contributed by atoms with Crippen molar-refractivity contribution in [2.24, 2.45) is 0 Å². The zero-order valence-corrected chi connectivity index (χ0v) is 13.0. The SMILES string of the molecule is CN(C)C(CCC[SiH3])(N(C)C)N(C)C. The Balaban J connectivity index is 4.76. The molecule has 3 nitrogen and oxygen atoms in total. The lowest BCUT2D eigenvalue weighted by molar-refractivity contribution is -0.114. The molecule has 0 N–H and O–H groups in total. The van der Waals surface area contributed by atoms with Gasteiger partial charge in [0.1, 0.15) is 5.79 Å². The molecule has 0 aromatic heterocycles. The topological polar surface area (TPSA) is 9.72 Å². The minimum atomic E-state index is 0.0738. The third-order valence-electron chi connectivity index (χ3n) is 3.01. The van der Waals surface area contributed by atoms with Crippen molar-refractivity contribution in [3.05, 3.63) is 0 Å². The Morgan fingerprint density at radius 2 is 1.21 bits per heavy atom. The summed E-state index contributed by atoms with van der Waals surface area (Å²) in [6.45, 7) is 0. The minimum Gasteiger partial charge on any atom is -0.279 e. The van der Waals surface area contributed by atoms with Gasteiger partial charge in [0.2, 0.25) is 0 Å². The Kier molecular flexibility index (Phi) is 5.89. The van der Waals surface area contributed by atoms with Crippen molar-refractivity contribution in [2.75, 3.05) is 42.3 Å². The summed E-state index contributed by atoms with van der Waals surface area (Å²) in [5.41, 5.74) is 0. The van der Waals surface area contributed by atoms with Crippen molar-refractivity contribution >= 4 is 10.2 Å². The van der Waals surface area contributed by atoms with E-state index >= 15 is 0 Å². The summed E-state index contributed by atoms with van der Waals surface area (Å²) in [4.78, 5) is 6.93. The van der Waals surface area contributed by atoms with Crippen LogP contribution in [0.15, 0.2) is 0 Å². The van der Waals surface area contributed by atoms with E-state index in [-0.39, 0.29) is 5.79 Å². The van der Waals surface area contributed by atoms with Gasteiger partial charge in [0.25, 0.3) is 0 Å². The largest absolute Gasteiger partial charge is 0.279 e. The summed E-state index contributed by atoms with van der Waals surface area (Å²) in [7, 11) is 14.3. The molecule has 0 aliphatic carbocycles. The van der Waals surface area contributed by atoms with E-state index in [1.54, 1.807) is 0 Å². The van der Waals surface area contributed by atoms with Crippen molar-refractivity contribution < 1.29 is 0 Å². The van der Waals surface area contributed by atoms with Crippen LogP contribution in [0.1, 0.15) is 12.8 Å². The van der Waals surface area contributed by atoms with Crippen LogP contribution in [0.5, 0.6) is 0 Å². The molecule has 0 atom stereocenters. The van der Waals surface area contributed by atoms with Crippen LogP contribution in [-0.2, 0) is 0 Å². The first-order chi connectivity index (χ1) is 6.39. The molecule has 0 saturated heterocycles. The summed E-state index contributed by atoms with van der Waals surface area (Å²) in [5, 5.41) is 0. The normalized spacial score (nSPS) is 13.5. The van der Waals surface area contributed by atoms with Gasteiger partial charge in [-0.25, -0.2) is 0 Å². The quantitative estimate of drug-likeness (QED) is 0.454. The number of hydrogen-bond acceptors (Lipinski definition) is 3. The van der Waals surface area contributed by atoms with Crippen molar-refractivity contribution in [3.63, 3.8) is 0 Å². The molecular formula is C10H27N3Si. The summed E-state index contributed by atoms with van der Waals surface area (Å²) in [6, 6.07) is 1.39. The number of rotatable bonds is 6. The van der Waals surface area contributed by atoms with Crippen LogP contribution < -0.4 is 0 Å². The standard InChI is InChI=1S/C10H27N3Si/c1-11(2)10(12(3)4,13(5)6)8-7-9-14/h7-9H2,1-6,14H3. The zero-order valence-electron chi connectivity index (χ0n) is 11.0. The molecule has 0 spiro atoms. The first kappa shape index (κ1) is 14.1. The predicted octanol–water partition coefficient (Wildman–Crippen LogP) is -0.111. The van der Waals surface area contributed by atoms with Crippen molar-refractivity contribution in [1.29, 1.82) is 0 Å². The zero-order chi connectivity index (χ0) is 11.4. The highest BCUT2D eigenvalue weighted by atomic mass is 28.1. The van der Waals surface area contributed by atoms with Crippen molar-refractivity contribution in [2.45, 2.75) is 24.7 Å². The monoisotopic (exact) mass is 217 g/mol. The van der Waals surface area contributed by atoms with E-state index < -0.39 is 0 Å². The van der Waals surface area contributed by atoms with E-state index in [2.05, 4.69) is 57.0 Å². The molecule has 0 amide bonds. The second-order valence-corrected chi connectivity index (χ2v) is 5.56. The molecule has 4 heteroatoms. The van der Waals surface area contributed by atoms with Gasteiger partial charge in [0.05, 0.1) is 0 Å². The highest BCUT2D eigenvalue weighted by Crippen LogP contribution is 2.24. The molecule has 0 heterocycles. The lowest BCUT2D eigenvalue weighted by atomic mass is 10.1. The average molecular weight is 217 g/mol. The van der Waals surface area contributed by atoms with Gasteiger partial charge in [-0.1, -0.05) is 12.5 Å². The molecule has 14 heavy (non-hydrogen) atoms. The average Bonchev–Trinajstić information content (AvgIpc) is 2.03. The van der Waals surface area contributed by atoms with Gasteiger partial charge in [-0.05, 0) is 48.7 Å². The second kappa shape index (κ2) is 5.85. The van der Waals surface area contributed by atoms with Gasteiger partial charge in [-0.2, -0.15) is 0 Å². The van der Waals surface area contributed by atoms with Crippen LogP contribution in [0, 0.1) is 0 Å². The van der Waals surface area contributed by atoms with Gasteiger partial charge in [0.15, 0.2) is 0 Å². The molecule has 0 fully saturated rings. The smallest absolute Gasteiger partial charge is 0.129 e. The number of nitrogens with zero attached hydrogens (tertiary/aromatic N) is 3. The van der Waals surface area contributed by atoms with Crippen LogP contribution in [0.2, 0.25) is 6.04 Å². The molecule has 0 aliphatic rings. The third kappa shape index (κ3) is 2.79. The maximum Gasteiger partial charge on any atom is 0.129 e. The summed E-state index contributed by atoms with van der Waals surface area (Å²) >= 11 is 0. The van der Waals surface area contributed by atoms with E-state index in [0.717, 1.165) is 0 Å². The maximum atomic E-state index is 2.31. The molecular weight excluding hydrogens is 190 g/mol. The van der Waals surface area contributed by atoms with Crippen LogP contribution >= 0.6 is 0 Å². The Morgan fingerprint density at radius 1 is 0.857 bits per heavy atom. The fraction of sp³-hybridized carbons (Fsp3) is 1.00. The van der Waals surface area contributed by atoms with Crippen LogP contribution in [0.25, 0.3) is 0 Å². The maximum absolute atomic E-state index is 2.31. The first-order valence-corrected chi connectivity index (χ1v) is 6.83. The highest BCUT2D eigenvalue weighted by molar-refractivity contribution is 6.08. The molecule has 0 unspecified atom stereocenters. The molecule has 0 rings (SSSR count). The van der Waals surface area contributed by atoms with Gasteiger partial charge in [0, 0.05) is 10.2 Å². The minimum absolute atomic E-state index is 0.0738. The fourth-order valence-electron chi connectivity index (χ4n) is 2.28. The molecule has 0 radical (unpaired) electrons. The van der Waals surface area contributed by atoms with Crippen molar-refractivity contribution in [1.82, 2.24) is 14.7 Å². The first-order valence-electron chi connectivity index (χ1n) is 5.41. The molecule has 0 saturated carbocycles. The van der Waals surface area contributed by atoms with E-state index in [0.29, 0.717) is 0 Å². The summed E-state index contributed by atoms with van der Waals surface area (Å²) < 4.78 is 0. The molecule has 0 bridgehead atoms. The summed E-state index contributed by atoms with van der Waals surface area (Å²) in [5.74, 6) is 0.0738. The predicted molar refractivity (Wildman–Crippen MR) is 67.8 cm³/mol. The lowest BCUT2D eigenvalue weighted by Crippen LogP contribution is -2.63. The molecule has 0 aromatic rings. The van der Waals surface area contributed by atoms with Crippen LogP contribution in [0.4, 0.5) is 0 Å². The summed E-state index contributed by atoms with van der Waals surface area (Å²) in [6.07, 6.45) is 2.53. The molecule has 86 valence electrons. The number of hydrogen-bond donors (Lipinski definition) is 0. The van der Waals surface area contributed by atoms with Gasteiger partial charge >= 0.3 is 0 Å². The Hall–Kier alpha value is 0.0969. The van der Waals surface area contributed by atoms with Crippen LogP contribution in [-0.4, -0.2) is 73.0 Å². The van der Waals surface area contributed by atoms with Gasteiger partial charge < -0.3 is 0 Å². The van der Waals surface area contributed by atoms with E-state index in [1.807, 2.05) is 0 Å². The molecule has 0 aliphatic heterocycles. The molecule has 0 aromatic carbocycles. The Morgan fingerprint density at radius 3 is 1.43 bits per heavy atom. The van der Waals surface area contributed by atoms with E-state index in [9.17, 15) is 0 Å². The lowest BCUT2D eigenvalue weighted by Gasteiger charge is -2.50. The van der Waals surface area contributed by atoms with E-state index in [4.69, 9.17) is 0 Å². The Labute approximate surface area is 92.5 Å². The third-order valence-corrected chi connectivity index (χ3v) is 3.72. The van der Waals surface area contributed by atoms with Gasteiger partial charge in [-0.15, -0.1) is 0 Å². The Bertz CT molecular complexity index is 136.